The van der Waals surface area contributed by atoms with Crippen molar-refractivity contribution in [3.63, 3.8) is 0 Å². The molecule has 0 saturated heterocycles. The Morgan fingerprint density at radius 2 is 2.10 bits per heavy atom. The third-order valence-corrected chi connectivity index (χ3v) is 5.10. The van der Waals surface area contributed by atoms with Crippen LogP contribution in [0.5, 0.6) is 5.75 Å². The minimum absolute atomic E-state index is 0.0493. The van der Waals surface area contributed by atoms with Crippen molar-refractivity contribution in [2.75, 3.05) is 6.61 Å². The van der Waals surface area contributed by atoms with E-state index >= 15 is 0 Å². The van der Waals surface area contributed by atoms with Gasteiger partial charge in [-0.15, -0.1) is 0 Å². The third-order valence-electron chi connectivity index (χ3n) is 4.68. The van der Waals surface area contributed by atoms with Crippen molar-refractivity contribution in [2.24, 2.45) is 5.92 Å². The number of nitrogens with one attached hydrogen (secondary N) is 1. The molecule has 0 aliphatic heterocycles. The first-order valence-corrected chi connectivity index (χ1v) is 9.14. The zero-order valence-electron chi connectivity index (χ0n) is 14.9. The summed E-state index contributed by atoms with van der Waals surface area (Å²) in [6.45, 7) is -0.0493. The van der Waals surface area contributed by atoms with Gasteiger partial charge in [-0.25, -0.2) is 18.2 Å². The number of pyridine rings is 1. The molecule has 0 amide bonds. The monoisotopic (exact) mass is 418 g/mol. The van der Waals surface area contributed by atoms with E-state index in [1.807, 2.05) is 0 Å². The highest BCUT2D eigenvalue weighted by Crippen LogP contribution is 2.31. The number of ether oxygens (including phenoxy) is 1. The van der Waals surface area contributed by atoms with Crippen molar-refractivity contribution < 1.29 is 22.7 Å². The Morgan fingerprint density at radius 1 is 1.28 bits per heavy atom. The maximum atomic E-state index is 15.0. The van der Waals surface area contributed by atoms with Gasteiger partial charge < -0.3 is 9.72 Å². The van der Waals surface area contributed by atoms with Crippen LogP contribution in [-0.2, 0) is 0 Å². The molecule has 1 N–H and O–H groups in total. The lowest BCUT2D eigenvalue weighted by molar-refractivity contribution is 0.103. The van der Waals surface area contributed by atoms with Crippen molar-refractivity contribution >= 4 is 28.4 Å². The molecule has 1 unspecified atom stereocenters. The van der Waals surface area contributed by atoms with Gasteiger partial charge >= 0.3 is 0 Å². The molecule has 29 heavy (non-hydrogen) atoms. The standard InChI is InChI=1S/C21H14ClF3N2O2/c22-15-8-12(23)4-3-11(15)10-29-17-6-5-16(24)18(19(17)25)20(28)14-9-27-21-13(14)2-1-7-26-21/h1-2,4-9,11H,3,10H2,(H,26,27). The number of halogens is 4. The number of H-pyrrole nitrogens is 1. The minimum atomic E-state index is -1.11. The van der Waals surface area contributed by atoms with Gasteiger partial charge in [0, 0.05) is 34.3 Å². The highest BCUT2D eigenvalue weighted by molar-refractivity contribution is 6.30. The Morgan fingerprint density at radius 3 is 2.90 bits per heavy atom. The summed E-state index contributed by atoms with van der Waals surface area (Å²) in [7, 11) is 0. The van der Waals surface area contributed by atoms with Gasteiger partial charge in [-0.1, -0.05) is 11.6 Å². The number of allylic oxidation sites excluding steroid dienone is 3. The van der Waals surface area contributed by atoms with E-state index in [4.69, 9.17) is 16.3 Å². The molecular formula is C21H14ClF3N2O2. The van der Waals surface area contributed by atoms with Crippen LogP contribution in [0.3, 0.4) is 0 Å². The number of nitrogens with zero attached hydrogens (tertiary/aromatic N) is 1. The van der Waals surface area contributed by atoms with E-state index in [9.17, 15) is 18.0 Å². The predicted molar refractivity (Wildman–Crippen MR) is 103 cm³/mol. The number of carbonyl (C=O) groups excluding carboxylic acids is 1. The molecule has 3 aromatic rings. The molecule has 2 aromatic heterocycles. The van der Waals surface area contributed by atoms with Crippen molar-refractivity contribution in [3.05, 3.63) is 82.4 Å². The summed E-state index contributed by atoms with van der Waals surface area (Å²) in [5.74, 6) is -4.03. The number of benzene rings is 1. The molecule has 1 atom stereocenters. The van der Waals surface area contributed by atoms with E-state index in [0.29, 0.717) is 11.0 Å². The van der Waals surface area contributed by atoms with Crippen molar-refractivity contribution in [1.29, 1.82) is 0 Å². The van der Waals surface area contributed by atoms with Crippen LogP contribution < -0.4 is 4.74 Å². The predicted octanol–water partition coefficient (Wildman–Crippen LogP) is 5.45. The van der Waals surface area contributed by atoms with Crippen molar-refractivity contribution in [2.45, 2.75) is 6.42 Å². The first kappa shape index (κ1) is 19.3. The van der Waals surface area contributed by atoms with E-state index < -0.39 is 28.8 Å². The van der Waals surface area contributed by atoms with Crippen molar-refractivity contribution in [3.8, 4) is 5.75 Å². The summed E-state index contributed by atoms with van der Waals surface area (Å²) in [4.78, 5) is 19.7. The van der Waals surface area contributed by atoms with Crippen LogP contribution in [0.1, 0.15) is 22.3 Å². The quantitative estimate of drug-likeness (QED) is 0.561. The molecule has 0 spiro atoms. The summed E-state index contributed by atoms with van der Waals surface area (Å²) >= 11 is 6.00. The molecule has 0 bridgehead atoms. The zero-order chi connectivity index (χ0) is 20.5. The van der Waals surface area contributed by atoms with Crippen LogP contribution in [0, 0.1) is 17.6 Å². The molecule has 0 saturated carbocycles. The average molecular weight is 419 g/mol. The van der Waals surface area contributed by atoms with Crippen LogP contribution >= 0.6 is 11.6 Å². The third kappa shape index (κ3) is 3.65. The van der Waals surface area contributed by atoms with Crippen LogP contribution in [0.4, 0.5) is 13.2 Å². The highest BCUT2D eigenvalue weighted by atomic mass is 35.5. The number of fused-ring (bicyclic) bond motifs is 1. The van der Waals surface area contributed by atoms with E-state index in [1.165, 1.54) is 24.5 Å². The molecule has 1 aromatic carbocycles. The molecule has 1 aliphatic rings. The van der Waals surface area contributed by atoms with Crippen LogP contribution in [0.15, 0.2) is 59.7 Å². The molecular weight excluding hydrogens is 405 g/mol. The lowest BCUT2D eigenvalue weighted by Crippen LogP contribution is -2.16. The van der Waals surface area contributed by atoms with Crippen LogP contribution in [0.2, 0.25) is 0 Å². The Labute approximate surface area is 168 Å². The summed E-state index contributed by atoms with van der Waals surface area (Å²) in [6, 6.07) is 5.33. The number of aromatic amines is 1. The summed E-state index contributed by atoms with van der Waals surface area (Å²) in [5.41, 5.74) is -0.187. The van der Waals surface area contributed by atoms with Crippen LogP contribution in [0.25, 0.3) is 11.0 Å². The van der Waals surface area contributed by atoms with Gasteiger partial charge in [-0.2, -0.15) is 0 Å². The zero-order valence-corrected chi connectivity index (χ0v) is 15.6. The van der Waals surface area contributed by atoms with Crippen LogP contribution in [-0.4, -0.2) is 22.4 Å². The number of aromatic nitrogens is 2. The number of carbonyl (C=O) groups is 1. The average Bonchev–Trinajstić information content (AvgIpc) is 3.13. The van der Waals surface area contributed by atoms with Crippen molar-refractivity contribution in [1.82, 2.24) is 9.97 Å². The lowest BCUT2D eigenvalue weighted by atomic mass is 10.0. The minimum Gasteiger partial charge on any atom is -0.490 e. The molecule has 4 nitrogen and oxygen atoms in total. The molecule has 0 fully saturated rings. The number of hydrogen-bond acceptors (Lipinski definition) is 3. The number of hydrogen-bond donors (Lipinski definition) is 1. The first-order chi connectivity index (χ1) is 14.0. The largest absolute Gasteiger partial charge is 0.490 e. The maximum absolute atomic E-state index is 15.0. The maximum Gasteiger partial charge on any atom is 0.201 e. The smallest absolute Gasteiger partial charge is 0.201 e. The molecule has 8 heteroatoms. The lowest BCUT2D eigenvalue weighted by Gasteiger charge is -2.19. The second-order valence-electron chi connectivity index (χ2n) is 6.53. The summed E-state index contributed by atoms with van der Waals surface area (Å²) in [6.07, 6.45) is 5.70. The molecule has 4 rings (SSSR count). The molecule has 148 valence electrons. The molecule has 1 aliphatic carbocycles. The van der Waals surface area contributed by atoms with Gasteiger partial charge in [0.05, 0.1) is 12.2 Å². The number of rotatable bonds is 5. The van der Waals surface area contributed by atoms with E-state index in [1.54, 1.807) is 12.1 Å². The molecule has 2 heterocycles. The fourth-order valence-electron chi connectivity index (χ4n) is 3.15. The van der Waals surface area contributed by atoms with Gasteiger partial charge in [-0.3, -0.25) is 4.79 Å². The Kier molecular flexibility index (Phi) is 5.15. The first-order valence-electron chi connectivity index (χ1n) is 8.76. The van der Waals surface area contributed by atoms with E-state index in [0.717, 1.165) is 12.1 Å². The number of ketones is 1. The topological polar surface area (TPSA) is 55.0 Å². The fourth-order valence-corrected chi connectivity index (χ4v) is 3.40. The van der Waals surface area contributed by atoms with Gasteiger partial charge in [0.25, 0.3) is 0 Å². The molecule has 0 radical (unpaired) electrons. The fraction of sp³-hybridized carbons (Fsp3) is 0.143. The summed E-state index contributed by atoms with van der Waals surface area (Å²) in [5, 5.41) is 0.700. The normalized spacial score (nSPS) is 16.5. The van der Waals surface area contributed by atoms with Gasteiger partial charge in [-0.05, 0) is 42.8 Å². The highest BCUT2D eigenvalue weighted by Gasteiger charge is 2.26. The Hall–Kier alpha value is -3.06. The van der Waals surface area contributed by atoms with Gasteiger partial charge in [0.2, 0.25) is 5.78 Å². The van der Waals surface area contributed by atoms with E-state index in [-0.39, 0.29) is 35.3 Å². The second-order valence-corrected chi connectivity index (χ2v) is 6.96. The van der Waals surface area contributed by atoms with Gasteiger partial charge in [0.15, 0.2) is 11.6 Å². The Bertz CT molecular complexity index is 1170. The SMILES string of the molecule is O=C(c1c(F)ccc(OCC2CC=C(F)C=C2Cl)c1F)c1c[nH]c2ncccc12. The van der Waals surface area contributed by atoms with E-state index in [2.05, 4.69) is 9.97 Å². The van der Waals surface area contributed by atoms with Gasteiger partial charge in [0.1, 0.15) is 17.3 Å². The summed E-state index contributed by atoms with van der Waals surface area (Å²) < 4.78 is 47.9. The second kappa shape index (κ2) is 7.75. The Balaban J connectivity index is 1.62.